The summed E-state index contributed by atoms with van der Waals surface area (Å²) in [6.45, 7) is 2.02. The van der Waals surface area contributed by atoms with E-state index in [2.05, 4.69) is 31.1 Å². The molecule has 0 aliphatic carbocycles. The van der Waals surface area contributed by atoms with Crippen LogP contribution in [0.25, 0.3) is 11.1 Å². The van der Waals surface area contributed by atoms with Gasteiger partial charge in [0, 0.05) is 18.8 Å². The average molecular weight is 502 g/mol. The minimum atomic E-state index is -0.544. The van der Waals surface area contributed by atoms with Gasteiger partial charge in [0.25, 0.3) is 5.91 Å². The Kier molecular flexibility index (Phi) is 7.04. The van der Waals surface area contributed by atoms with Crippen LogP contribution >= 0.6 is 0 Å². The summed E-state index contributed by atoms with van der Waals surface area (Å²) < 4.78 is 19.5. The van der Waals surface area contributed by atoms with Gasteiger partial charge in [-0.15, -0.1) is 0 Å². The van der Waals surface area contributed by atoms with Crippen LogP contribution in [-0.2, 0) is 4.74 Å². The van der Waals surface area contributed by atoms with Gasteiger partial charge in [-0.2, -0.15) is 4.98 Å². The third-order valence-corrected chi connectivity index (χ3v) is 5.67. The second-order valence-electron chi connectivity index (χ2n) is 8.23. The summed E-state index contributed by atoms with van der Waals surface area (Å²) in [6, 6.07) is 18.1. The first-order valence-corrected chi connectivity index (χ1v) is 11.6. The number of ether oxygens (including phenoxy) is 1. The van der Waals surface area contributed by atoms with Crippen molar-refractivity contribution in [2.45, 2.75) is 0 Å². The number of rotatable bonds is 7. The number of halogens is 1. The van der Waals surface area contributed by atoms with E-state index in [9.17, 15) is 14.3 Å². The van der Waals surface area contributed by atoms with E-state index in [-0.39, 0.29) is 23.2 Å². The number of carbonyl (C=O) groups excluding carboxylic acids is 1. The highest BCUT2D eigenvalue weighted by molar-refractivity contribution is 5.93. The number of benzene rings is 2. The predicted molar refractivity (Wildman–Crippen MR) is 137 cm³/mol. The molecule has 1 fully saturated rings. The SMILES string of the molecule is O=C(NNc1ncc(F)c(N2CCOCC2)n1)c1ccc(Nc2ccc(-c3cccc(O)c3)cc2)cn1. The van der Waals surface area contributed by atoms with Crippen molar-refractivity contribution in [3.05, 3.63) is 84.6 Å². The number of pyridine rings is 1. The third kappa shape index (κ3) is 5.90. The number of aromatic nitrogens is 3. The first kappa shape index (κ1) is 23.9. The summed E-state index contributed by atoms with van der Waals surface area (Å²) in [5, 5.41) is 12.9. The van der Waals surface area contributed by atoms with E-state index in [1.165, 1.54) is 0 Å². The van der Waals surface area contributed by atoms with Gasteiger partial charge in [0.1, 0.15) is 11.4 Å². The Hall–Kier alpha value is -4.77. The fourth-order valence-electron chi connectivity index (χ4n) is 3.79. The smallest absolute Gasteiger partial charge is 0.288 e. The van der Waals surface area contributed by atoms with Crippen molar-refractivity contribution in [1.29, 1.82) is 0 Å². The molecule has 11 heteroatoms. The molecule has 0 spiro atoms. The molecule has 1 amide bonds. The van der Waals surface area contributed by atoms with Gasteiger partial charge in [-0.25, -0.2) is 14.4 Å². The van der Waals surface area contributed by atoms with E-state index in [0.717, 1.165) is 23.0 Å². The minimum Gasteiger partial charge on any atom is -0.508 e. The van der Waals surface area contributed by atoms with Crippen molar-refractivity contribution in [1.82, 2.24) is 20.4 Å². The zero-order valence-electron chi connectivity index (χ0n) is 19.7. The maximum Gasteiger partial charge on any atom is 0.288 e. The molecule has 4 aromatic rings. The number of hydrogen-bond acceptors (Lipinski definition) is 9. The van der Waals surface area contributed by atoms with Crippen LogP contribution in [0.1, 0.15) is 10.5 Å². The fourth-order valence-corrected chi connectivity index (χ4v) is 3.79. The van der Waals surface area contributed by atoms with Crippen LogP contribution < -0.4 is 21.1 Å². The molecular formula is C26H24FN7O3. The molecule has 0 bridgehead atoms. The molecule has 5 rings (SSSR count). The first-order chi connectivity index (χ1) is 18.0. The standard InChI is InChI=1S/C26H24FN7O3/c27-22-16-29-26(31-24(22)34-10-12-37-13-11-34)33-32-25(36)23-9-8-20(15-28-23)30-19-6-4-17(5-7-19)18-2-1-3-21(35)14-18/h1-9,14-16,30,35H,10-13H2,(H,32,36)(H,29,31,33). The van der Waals surface area contributed by atoms with Gasteiger partial charge >= 0.3 is 0 Å². The number of phenols is 1. The Labute approximate surface area is 212 Å². The first-order valence-electron chi connectivity index (χ1n) is 11.6. The van der Waals surface area contributed by atoms with E-state index in [0.29, 0.717) is 32.0 Å². The number of hydrazine groups is 1. The second-order valence-corrected chi connectivity index (χ2v) is 8.23. The van der Waals surface area contributed by atoms with Crippen LogP contribution in [0.5, 0.6) is 5.75 Å². The quantitative estimate of drug-likeness (QED) is 0.281. The van der Waals surface area contributed by atoms with Gasteiger partial charge in [-0.1, -0.05) is 24.3 Å². The van der Waals surface area contributed by atoms with Crippen LogP contribution in [0.3, 0.4) is 0 Å². The fraction of sp³-hybridized carbons (Fsp3) is 0.154. The van der Waals surface area contributed by atoms with E-state index >= 15 is 0 Å². The molecule has 0 unspecified atom stereocenters. The Balaban J connectivity index is 1.17. The molecule has 3 heterocycles. The van der Waals surface area contributed by atoms with E-state index in [4.69, 9.17) is 4.74 Å². The van der Waals surface area contributed by atoms with E-state index in [1.807, 2.05) is 30.3 Å². The highest BCUT2D eigenvalue weighted by Crippen LogP contribution is 2.25. The number of anilines is 4. The predicted octanol–water partition coefficient (Wildman–Crippen LogP) is 3.72. The lowest BCUT2D eigenvalue weighted by molar-refractivity contribution is 0.0957. The molecule has 0 radical (unpaired) electrons. The number of carbonyl (C=O) groups is 1. The number of aromatic hydroxyl groups is 1. The van der Waals surface area contributed by atoms with Gasteiger partial charge in [-0.05, 0) is 47.5 Å². The van der Waals surface area contributed by atoms with Gasteiger partial charge < -0.3 is 20.1 Å². The second kappa shape index (κ2) is 10.9. The van der Waals surface area contributed by atoms with Gasteiger partial charge in [0.05, 0.1) is 31.3 Å². The number of morpholine rings is 1. The molecule has 1 aliphatic heterocycles. The topological polar surface area (TPSA) is 125 Å². The molecule has 10 nitrogen and oxygen atoms in total. The summed E-state index contributed by atoms with van der Waals surface area (Å²) in [7, 11) is 0. The Morgan fingerprint density at radius 2 is 1.73 bits per heavy atom. The summed E-state index contributed by atoms with van der Waals surface area (Å²) in [4.78, 5) is 26.5. The van der Waals surface area contributed by atoms with Crippen molar-refractivity contribution >= 4 is 29.0 Å². The molecule has 4 N–H and O–H groups in total. The number of hydrogen-bond donors (Lipinski definition) is 4. The summed E-state index contributed by atoms with van der Waals surface area (Å²) >= 11 is 0. The molecule has 1 aliphatic rings. The minimum absolute atomic E-state index is 0.0590. The molecule has 1 saturated heterocycles. The highest BCUT2D eigenvalue weighted by Gasteiger charge is 2.18. The summed E-state index contributed by atoms with van der Waals surface area (Å²) in [5.74, 6) is -0.615. The average Bonchev–Trinajstić information content (AvgIpc) is 2.94. The molecule has 188 valence electrons. The number of nitrogens with zero attached hydrogens (tertiary/aromatic N) is 4. The molecule has 0 saturated carbocycles. The van der Waals surface area contributed by atoms with Crippen LogP contribution in [0.2, 0.25) is 0 Å². The van der Waals surface area contributed by atoms with Crippen LogP contribution in [-0.4, -0.2) is 52.3 Å². The lowest BCUT2D eigenvalue weighted by Gasteiger charge is -2.28. The monoisotopic (exact) mass is 501 g/mol. The van der Waals surface area contributed by atoms with Gasteiger partial charge in [0.2, 0.25) is 5.95 Å². The zero-order chi connectivity index (χ0) is 25.6. The zero-order valence-corrected chi connectivity index (χ0v) is 19.7. The number of amides is 1. The van der Waals surface area contributed by atoms with Gasteiger partial charge in [0.15, 0.2) is 11.6 Å². The molecular weight excluding hydrogens is 477 g/mol. The molecule has 0 atom stereocenters. The van der Waals surface area contributed by atoms with Crippen LogP contribution in [0.15, 0.2) is 73.1 Å². The Bertz CT molecular complexity index is 1380. The Morgan fingerprint density at radius 3 is 2.46 bits per heavy atom. The number of nitrogens with one attached hydrogen (secondary N) is 3. The molecule has 37 heavy (non-hydrogen) atoms. The molecule has 2 aromatic heterocycles. The van der Waals surface area contributed by atoms with Crippen LogP contribution in [0.4, 0.5) is 27.5 Å². The Morgan fingerprint density at radius 1 is 0.946 bits per heavy atom. The molecule has 2 aromatic carbocycles. The maximum absolute atomic E-state index is 14.2. The lowest BCUT2D eigenvalue weighted by atomic mass is 10.1. The normalized spacial score (nSPS) is 13.2. The third-order valence-electron chi connectivity index (χ3n) is 5.67. The van der Waals surface area contributed by atoms with Crippen LogP contribution in [0, 0.1) is 5.82 Å². The van der Waals surface area contributed by atoms with E-state index < -0.39 is 11.7 Å². The van der Waals surface area contributed by atoms with Crippen molar-refractivity contribution in [3.8, 4) is 16.9 Å². The lowest BCUT2D eigenvalue weighted by Crippen LogP contribution is -2.38. The summed E-state index contributed by atoms with van der Waals surface area (Å²) in [5.41, 5.74) is 8.69. The number of phenolic OH excluding ortho intramolecular Hbond substituents is 1. The summed E-state index contributed by atoms with van der Waals surface area (Å²) in [6.07, 6.45) is 2.60. The van der Waals surface area contributed by atoms with Crippen molar-refractivity contribution in [2.24, 2.45) is 0 Å². The van der Waals surface area contributed by atoms with Crippen molar-refractivity contribution in [2.75, 3.05) is 41.9 Å². The van der Waals surface area contributed by atoms with Crippen molar-refractivity contribution < 1.29 is 19.0 Å². The highest BCUT2D eigenvalue weighted by atomic mass is 19.1. The maximum atomic E-state index is 14.2. The van der Waals surface area contributed by atoms with Gasteiger partial charge in [-0.3, -0.25) is 15.6 Å². The van der Waals surface area contributed by atoms with E-state index in [1.54, 1.807) is 41.4 Å². The van der Waals surface area contributed by atoms with Crippen molar-refractivity contribution in [3.63, 3.8) is 0 Å². The largest absolute Gasteiger partial charge is 0.508 e.